The largest absolute Gasteiger partial charge is 0.335 e. The van der Waals surface area contributed by atoms with Crippen LogP contribution in [0.1, 0.15) is 0 Å². The molecule has 0 bridgehead atoms. The molecule has 0 unspecified atom stereocenters. The first-order valence-corrected chi connectivity index (χ1v) is 5.55. The van der Waals surface area contributed by atoms with Crippen molar-refractivity contribution in [3.8, 4) is 11.3 Å². The van der Waals surface area contributed by atoms with E-state index < -0.39 is 4.92 Å². The maximum absolute atomic E-state index is 10.8. The Kier molecular flexibility index (Phi) is 2.60. The first kappa shape index (κ1) is 11.5. The summed E-state index contributed by atoms with van der Waals surface area (Å²) in [7, 11) is 0. The smallest absolute Gasteiger partial charge is 0.270 e. The van der Waals surface area contributed by atoms with Crippen molar-refractivity contribution in [1.29, 1.82) is 0 Å². The van der Waals surface area contributed by atoms with Crippen LogP contribution in [-0.2, 0) is 0 Å². The van der Waals surface area contributed by atoms with Gasteiger partial charge in [-0.2, -0.15) is 4.98 Å². The minimum Gasteiger partial charge on any atom is -0.335 e. The molecule has 0 atom stereocenters. The van der Waals surface area contributed by atoms with Crippen LogP contribution in [0.25, 0.3) is 22.4 Å². The van der Waals surface area contributed by atoms with Gasteiger partial charge in [0, 0.05) is 17.7 Å². The van der Waals surface area contributed by atoms with E-state index in [2.05, 4.69) is 15.1 Å². The van der Waals surface area contributed by atoms with Gasteiger partial charge in [-0.05, 0) is 0 Å². The van der Waals surface area contributed by atoms with E-state index in [0.717, 1.165) is 0 Å². The van der Waals surface area contributed by atoms with Crippen molar-refractivity contribution in [3.05, 3.63) is 45.9 Å². The van der Waals surface area contributed by atoms with Crippen LogP contribution >= 0.6 is 11.6 Å². The molecule has 0 saturated heterocycles. The number of hydrogen-bond donors (Lipinski definition) is 0. The summed E-state index contributed by atoms with van der Waals surface area (Å²) in [5.41, 5.74) is 1.09. The number of hydrogen-bond acceptors (Lipinski definition) is 6. The molecule has 7 nitrogen and oxygen atoms in total. The summed E-state index contributed by atoms with van der Waals surface area (Å²) in [4.78, 5) is 18.0. The fraction of sp³-hybridized carbons (Fsp3) is 0. The second-order valence-electron chi connectivity index (χ2n) is 3.68. The number of rotatable bonds is 2. The van der Waals surface area contributed by atoms with Gasteiger partial charge in [0.1, 0.15) is 22.6 Å². The van der Waals surface area contributed by atoms with Crippen molar-refractivity contribution in [1.82, 2.24) is 15.1 Å². The van der Waals surface area contributed by atoms with Gasteiger partial charge >= 0.3 is 0 Å². The van der Waals surface area contributed by atoms with Crippen LogP contribution in [-0.4, -0.2) is 20.0 Å². The van der Waals surface area contributed by atoms with Crippen LogP contribution in [0.2, 0.25) is 5.15 Å². The van der Waals surface area contributed by atoms with Gasteiger partial charge in [0.15, 0.2) is 0 Å². The molecule has 0 aliphatic heterocycles. The van der Waals surface area contributed by atoms with Gasteiger partial charge in [0.05, 0.1) is 4.92 Å². The zero-order valence-corrected chi connectivity index (χ0v) is 10.0. The molecule has 3 rings (SSSR count). The monoisotopic (exact) mass is 276 g/mol. The van der Waals surface area contributed by atoms with Gasteiger partial charge < -0.3 is 4.52 Å². The molecule has 0 amide bonds. The lowest BCUT2D eigenvalue weighted by Gasteiger charge is -1.97. The third-order valence-corrected chi connectivity index (χ3v) is 2.84. The summed E-state index contributed by atoms with van der Waals surface area (Å²) in [5.74, 6) is 0. The number of aromatic nitrogens is 3. The second-order valence-corrected chi connectivity index (χ2v) is 4.04. The molecule has 0 spiro atoms. The number of non-ortho nitro benzene ring substituents is 1. The fourth-order valence-corrected chi connectivity index (χ4v) is 1.93. The van der Waals surface area contributed by atoms with Crippen LogP contribution in [0.15, 0.2) is 35.1 Å². The molecule has 8 heteroatoms. The maximum atomic E-state index is 10.8. The third-order valence-electron chi connectivity index (χ3n) is 2.56. The zero-order valence-electron chi connectivity index (χ0n) is 9.28. The van der Waals surface area contributed by atoms with Gasteiger partial charge in [-0.1, -0.05) is 28.9 Å². The maximum Gasteiger partial charge on any atom is 0.270 e. The predicted molar refractivity (Wildman–Crippen MR) is 66.7 cm³/mol. The van der Waals surface area contributed by atoms with Gasteiger partial charge in [-0.25, -0.2) is 4.98 Å². The van der Waals surface area contributed by atoms with Gasteiger partial charge in [-0.3, -0.25) is 10.1 Å². The Morgan fingerprint density at radius 3 is 2.95 bits per heavy atom. The average Bonchev–Trinajstić information content (AvgIpc) is 2.84. The quantitative estimate of drug-likeness (QED) is 0.406. The molecule has 2 aromatic heterocycles. The van der Waals surface area contributed by atoms with Crippen molar-refractivity contribution in [3.63, 3.8) is 0 Å². The Bertz CT molecular complexity index is 786. The molecular weight excluding hydrogens is 272 g/mol. The molecule has 0 aliphatic rings. The minimum atomic E-state index is -0.482. The Labute approximate surface area is 111 Å². The second kappa shape index (κ2) is 4.29. The number of benzene rings is 1. The van der Waals surface area contributed by atoms with E-state index >= 15 is 0 Å². The van der Waals surface area contributed by atoms with Crippen LogP contribution in [0.4, 0.5) is 5.69 Å². The first-order chi connectivity index (χ1) is 9.16. The number of nitro groups is 1. The van der Waals surface area contributed by atoms with Crippen LogP contribution in [0, 0.1) is 10.1 Å². The first-order valence-electron chi connectivity index (χ1n) is 5.17. The summed E-state index contributed by atoms with van der Waals surface area (Å²) in [6, 6.07) is 6.02. The normalized spacial score (nSPS) is 10.8. The molecular formula is C11H5ClN4O3. The SMILES string of the molecule is O=[N+]([O-])c1cccc(-c2noc3ncnc(Cl)c23)c1. The summed E-state index contributed by atoms with van der Waals surface area (Å²) in [5, 5.41) is 15.2. The molecule has 0 radical (unpaired) electrons. The lowest BCUT2D eigenvalue weighted by atomic mass is 10.1. The van der Waals surface area contributed by atoms with Gasteiger partial charge in [0.2, 0.25) is 0 Å². The summed E-state index contributed by atoms with van der Waals surface area (Å²) < 4.78 is 5.03. The molecule has 0 fully saturated rings. The highest BCUT2D eigenvalue weighted by Crippen LogP contribution is 2.32. The molecule has 2 heterocycles. The van der Waals surface area contributed by atoms with Crippen molar-refractivity contribution < 1.29 is 9.45 Å². The number of nitrogens with zero attached hydrogens (tertiary/aromatic N) is 4. The van der Waals surface area contributed by atoms with Crippen molar-refractivity contribution in [2.75, 3.05) is 0 Å². The van der Waals surface area contributed by atoms with Crippen molar-refractivity contribution >= 4 is 28.4 Å². The van der Waals surface area contributed by atoms with Gasteiger partial charge in [0.25, 0.3) is 11.4 Å². The number of halogens is 1. The Hall–Kier alpha value is -2.54. The predicted octanol–water partition coefficient (Wildman–Crippen LogP) is 2.85. The van der Waals surface area contributed by atoms with Crippen LogP contribution in [0.3, 0.4) is 0 Å². The Morgan fingerprint density at radius 2 is 2.16 bits per heavy atom. The third kappa shape index (κ3) is 1.89. The highest BCUT2D eigenvalue weighted by molar-refractivity contribution is 6.34. The van der Waals surface area contributed by atoms with E-state index in [0.29, 0.717) is 16.6 Å². The van der Waals surface area contributed by atoms with Crippen molar-refractivity contribution in [2.24, 2.45) is 0 Å². The van der Waals surface area contributed by atoms with Crippen LogP contribution in [0.5, 0.6) is 0 Å². The molecule has 94 valence electrons. The van der Waals surface area contributed by atoms with E-state index in [4.69, 9.17) is 16.1 Å². The van der Waals surface area contributed by atoms with Gasteiger partial charge in [-0.15, -0.1) is 0 Å². The summed E-state index contributed by atoms with van der Waals surface area (Å²) >= 11 is 5.97. The van der Waals surface area contributed by atoms with E-state index in [-0.39, 0.29) is 16.6 Å². The molecule has 3 aromatic rings. The Morgan fingerprint density at radius 1 is 1.32 bits per heavy atom. The lowest BCUT2D eigenvalue weighted by molar-refractivity contribution is -0.384. The fourth-order valence-electron chi connectivity index (χ4n) is 1.72. The Balaban J connectivity index is 2.25. The van der Waals surface area contributed by atoms with E-state index in [9.17, 15) is 10.1 Å². The number of fused-ring (bicyclic) bond motifs is 1. The standard InChI is InChI=1S/C11H5ClN4O3/c12-10-8-9(15-19-11(8)14-5-13-10)6-2-1-3-7(4-6)16(17)18/h1-5H. The minimum absolute atomic E-state index is 0.0402. The van der Waals surface area contributed by atoms with E-state index in [1.165, 1.54) is 18.5 Å². The molecule has 1 aromatic carbocycles. The lowest BCUT2D eigenvalue weighted by Crippen LogP contribution is -1.88. The van der Waals surface area contributed by atoms with Crippen molar-refractivity contribution in [2.45, 2.75) is 0 Å². The zero-order chi connectivity index (χ0) is 13.4. The number of nitro benzene ring substituents is 1. The van der Waals surface area contributed by atoms with Crippen LogP contribution < -0.4 is 0 Å². The highest BCUT2D eigenvalue weighted by atomic mass is 35.5. The molecule has 0 saturated carbocycles. The molecule has 19 heavy (non-hydrogen) atoms. The van der Waals surface area contributed by atoms with E-state index in [1.54, 1.807) is 12.1 Å². The highest BCUT2D eigenvalue weighted by Gasteiger charge is 2.17. The van der Waals surface area contributed by atoms with E-state index in [1.807, 2.05) is 0 Å². The molecule has 0 aliphatic carbocycles. The summed E-state index contributed by atoms with van der Waals surface area (Å²) in [6.07, 6.45) is 1.26. The summed E-state index contributed by atoms with van der Waals surface area (Å²) in [6.45, 7) is 0. The average molecular weight is 277 g/mol. The topological polar surface area (TPSA) is 95.0 Å². The molecule has 0 N–H and O–H groups in total.